The Hall–Kier alpha value is -2.47. The molecule has 0 atom stereocenters. The second-order valence-corrected chi connectivity index (χ2v) is 5.10. The van der Waals surface area contributed by atoms with Crippen LogP contribution in [-0.4, -0.2) is 6.04 Å². The standard InChI is InChI=1S/C17H19N3/c1-13(2)20(12-14-6-5-8-16(19)10-14)17-9-4-3-7-15(17)11-18/h3-10,13H,12,19H2,1-2H3. The number of nitrogens with two attached hydrogens (primary N) is 1. The predicted octanol–water partition coefficient (Wildman–Crippen LogP) is 3.56. The van der Waals surface area contributed by atoms with Gasteiger partial charge in [0.2, 0.25) is 0 Å². The first-order chi connectivity index (χ1) is 9.61. The normalized spacial score (nSPS) is 10.3. The molecule has 0 radical (unpaired) electrons. The molecule has 0 bridgehead atoms. The van der Waals surface area contributed by atoms with Crippen LogP contribution in [0.25, 0.3) is 0 Å². The van der Waals surface area contributed by atoms with Crippen LogP contribution < -0.4 is 10.6 Å². The van der Waals surface area contributed by atoms with E-state index in [1.165, 1.54) is 0 Å². The summed E-state index contributed by atoms with van der Waals surface area (Å²) < 4.78 is 0. The van der Waals surface area contributed by atoms with Gasteiger partial charge in [0.05, 0.1) is 11.3 Å². The minimum Gasteiger partial charge on any atom is -0.399 e. The fourth-order valence-electron chi connectivity index (χ4n) is 2.25. The third kappa shape index (κ3) is 3.10. The van der Waals surface area contributed by atoms with Gasteiger partial charge in [-0.25, -0.2) is 0 Å². The molecule has 0 saturated carbocycles. The summed E-state index contributed by atoms with van der Waals surface area (Å²) in [6, 6.07) is 18.1. The summed E-state index contributed by atoms with van der Waals surface area (Å²) in [6.07, 6.45) is 0. The Bertz CT molecular complexity index is 626. The van der Waals surface area contributed by atoms with Gasteiger partial charge >= 0.3 is 0 Å². The highest BCUT2D eigenvalue weighted by Gasteiger charge is 2.14. The van der Waals surface area contributed by atoms with Crippen molar-refractivity contribution in [3.05, 3.63) is 59.7 Å². The molecule has 2 rings (SSSR count). The molecule has 0 unspecified atom stereocenters. The number of hydrogen-bond donors (Lipinski definition) is 1. The molecule has 3 heteroatoms. The molecule has 0 aliphatic rings. The van der Waals surface area contributed by atoms with Crippen LogP contribution in [-0.2, 0) is 6.54 Å². The van der Waals surface area contributed by atoms with Crippen molar-refractivity contribution in [1.82, 2.24) is 0 Å². The van der Waals surface area contributed by atoms with E-state index in [0.29, 0.717) is 11.6 Å². The lowest BCUT2D eigenvalue weighted by Crippen LogP contribution is -2.30. The molecule has 102 valence electrons. The molecule has 2 aromatic rings. The number of nitrogens with zero attached hydrogens (tertiary/aromatic N) is 2. The largest absolute Gasteiger partial charge is 0.399 e. The molecule has 0 saturated heterocycles. The van der Waals surface area contributed by atoms with Gasteiger partial charge in [0.1, 0.15) is 6.07 Å². The number of anilines is 2. The van der Waals surface area contributed by atoms with E-state index in [1.807, 2.05) is 42.5 Å². The van der Waals surface area contributed by atoms with Gasteiger partial charge in [-0.3, -0.25) is 0 Å². The fraction of sp³-hybridized carbons (Fsp3) is 0.235. The third-order valence-electron chi connectivity index (χ3n) is 3.26. The number of hydrogen-bond acceptors (Lipinski definition) is 3. The van der Waals surface area contributed by atoms with Crippen molar-refractivity contribution < 1.29 is 0 Å². The number of rotatable bonds is 4. The summed E-state index contributed by atoms with van der Waals surface area (Å²) in [5, 5.41) is 9.26. The van der Waals surface area contributed by atoms with Crippen molar-refractivity contribution >= 4 is 11.4 Å². The smallest absolute Gasteiger partial charge is 0.101 e. The lowest BCUT2D eigenvalue weighted by Gasteiger charge is -2.30. The summed E-state index contributed by atoms with van der Waals surface area (Å²) >= 11 is 0. The Morgan fingerprint density at radius 3 is 2.55 bits per heavy atom. The van der Waals surface area contributed by atoms with E-state index in [1.54, 1.807) is 0 Å². The first-order valence-corrected chi connectivity index (χ1v) is 6.72. The van der Waals surface area contributed by atoms with Crippen molar-refractivity contribution in [2.75, 3.05) is 10.6 Å². The predicted molar refractivity (Wildman–Crippen MR) is 83.3 cm³/mol. The monoisotopic (exact) mass is 265 g/mol. The number of benzene rings is 2. The lowest BCUT2D eigenvalue weighted by molar-refractivity contribution is 0.682. The number of para-hydroxylation sites is 1. The van der Waals surface area contributed by atoms with E-state index < -0.39 is 0 Å². The van der Waals surface area contributed by atoms with E-state index in [9.17, 15) is 5.26 Å². The highest BCUT2D eigenvalue weighted by Crippen LogP contribution is 2.24. The summed E-state index contributed by atoms with van der Waals surface area (Å²) in [5.74, 6) is 0. The van der Waals surface area contributed by atoms with Gasteiger partial charge in [-0.2, -0.15) is 5.26 Å². The summed E-state index contributed by atoms with van der Waals surface area (Å²) in [7, 11) is 0. The molecule has 0 heterocycles. The molecule has 0 aliphatic heterocycles. The van der Waals surface area contributed by atoms with Crippen molar-refractivity contribution in [3.8, 4) is 6.07 Å². The zero-order chi connectivity index (χ0) is 14.5. The van der Waals surface area contributed by atoms with Gasteiger partial charge in [0.25, 0.3) is 0 Å². The third-order valence-corrected chi connectivity index (χ3v) is 3.26. The Morgan fingerprint density at radius 1 is 1.15 bits per heavy atom. The summed E-state index contributed by atoms with van der Waals surface area (Å²) in [5.41, 5.74) is 9.41. The van der Waals surface area contributed by atoms with Crippen LogP contribution in [0.5, 0.6) is 0 Å². The Labute approximate surface area is 120 Å². The van der Waals surface area contributed by atoms with Gasteiger partial charge in [-0.15, -0.1) is 0 Å². The second-order valence-electron chi connectivity index (χ2n) is 5.10. The molecular formula is C17H19N3. The fourth-order valence-corrected chi connectivity index (χ4v) is 2.25. The summed E-state index contributed by atoms with van der Waals surface area (Å²) in [4.78, 5) is 2.22. The maximum absolute atomic E-state index is 9.26. The topological polar surface area (TPSA) is 53.0 Å². The van der Waals surface area contributed by atoms with Crippen LogP contribution >= 0.6 is 0 Å². The van der Waals surface area contributed by atoms with Crippen molar-refractivity contribution in [1.29, 1.82) is 5.26 Å². The van der Waals surface area contributed by atoms with Crippen LogP contribution in [0.4, 0.5) is 11.4 Å². The maximum atomic E-state index is 9.26. The lowest BCUT2D eigenvalue weighted by atomic mass is 10.1. The van der Waals surface area contributed by atoms with Crippen molar-refractivity contribution in [3.63, 3.8) is 0 Å². The minimum absolute atomic E-state index is 0.297. The van der Waals surface area contributed by atoms with Crippen LogP contribution in [0.3, 0.4) is 0 Å². The summed E-state index contributed by atoms with van der Waals surface area (Å²) in [6.45, 7) is 4.99. The molecular weight excluding hydrogens is 246 g/mol. The maximum Gasteiger partial charge on any atom is 0.101 e. The van der Waals surface area contributed by atoms with Crippen LogP contribution in [0, 0.1) is 11.3 Å². The van der Waals surface area contributed by atoms with E-state index in [0.717, 1.165) is 23.5 Å². The molecule has 0 aliphatic carbocycles. The van der Waals surface area contributed by atoms with Gasteiger partial charge < -0.3 is 10.6 Å². The minimum atomic E-state index is 0.297. The molecule has 0 amide bonds. The van der Waals surface area contributed by atoms with Crippen LogP contribution in [0.15, 0.2) is 48.5 Å². The van der Waals surface area contributed by atoms with E-state index >= 15 is 0 Å². The van der Waals surface area contributed by atoms with Gasteiger partial charge in [-0.1, -0.05) is 24.3 Å². The Kier molecular flexibility index (Phi) is 4.27. The van der Waals surface area contributed by atoms with Crippen LogP contribution in [0.2, 0.25) is 0 Å². The van der Waals surface area contributed by atoms with Gasteiger partial charge in [0, 0.05) is 18.3 Å². The average Bonchev–Trinajstić information content (AvgIpc) is 2.44. The SMILES string of the molecule is CC(C)N(Cc1cccc(N)c1)c1ccccc1C#N. The highest BCUT2D eigenvalue weighted by atomic mass is 15.2. The number of nitrogen functional groups attached to an aromatic ring is 1. The van der Waals surface area contributed by atoms with Crippen LogP contribution in [0.1, 0.15) is 25.0 Å². The molecule has 20 heavy (non-hydrogen) atoms. The molecule has 0 fully saturated rings. The van der Waals surface area contributed by atoms with E-state index in [2.05, 4.69) is 30.9 Å². The van der Waals surface area contributed by atoms with Gasteiger partial charge in [0.15, 0.2) is 0 Å². The molecule has 0 aromatic heterocycles. The Balaban J connectivity index is 2.35. The van der Waals surface area contributed by atoms with E-state index in [-0.39, 0.29) is 0 Å². The average molecular weight is 265 g/mol. The first-order valence-electron chi connectivity index (χ1n) is 6.72. The molecule has 0 spiro atoms. The van der Waals surface area contributed by atoms with Crippen molar-refractivity contribution in [2.24, 2.45) is 0 Å². The second kappa shape index (κ2) is 6.12. The molecule has 3 nitrogen and oxygen atoms in total. The quantitative estimate of drug-likeness (QED) is 0.860. The molecule has 2 N–H and O–H groups in total. The first kappa shape index (κ1) is 14.0. The molecule has 2 aromatic carbocycles. The zero-order valence-corrected chi connectivity index (χ0v) is 11.9. The highest BCUT2D eigenvalue weighted by molar-refractivity contribution is 5.60. The zero-order valence-electron chi connectivity index (χ0n) is 11.9. The van der Waals surface area contributed by atoms with E-state index in [4.69, 9.17) is 5.73 Å². The Morgan fingerprint density at radius 2 is 1.90 bits per heavy atom. The number of nitriles is 1. The van der Waals surface area contributed by atoms with Gasteiger partial charge in [-0.05, 0) is 43.7 Å². The van der Waals surface area contributed by atoms with Crippen molar-refractivity contribution in [2.45, 2.75) is 26.4 Å².